The molecule has 0 bridgehead atoms. The van der Waals surface area contributed by atoms with Crippen molar-refractivity contribution < 1.29 is 17.6 Å². The van der Waals surface area contributed by atoms with Crippen LogP contribution in [0.1, 0.15) is 17.0 Å². The van der Waals surface area contributed by atoms with Gasteiger partial charge in [0.05, 0.1) is 11.8 Å². The molecule has 0 aromatic carbocycles. The summed E-state index contributed by atoms with van der Waals surface area (Å²) in [5, 5.41) is 11.6. The van der Waals surface area contributed by atoms with Crippen molar-refractivity contribution in [2.75, 3.05) is 11.9 Å². The van der Waals surface area contributed by atoms with E-state index in [9.17, 15) is 13.2 Å². The first-order valence-electron chi connectivity index (χ1n) is 5.75. The lowest BCUT2D eigenvalue weighted by Crippen LogP contribution is -2.13. The molecule has 2 aromatic rings. The highest BCUT2D eigenvalue weighted by Crippen LogP contribution is 2.29. The Morgan fingerprint density at radius 3 is 2.70 bits per heavy atom. The van der Waals surface area contributed by atoms with Gasteiger partial charge in [0.25, 0.3) is 0 Å². The SMILES string of the molecule is N#Cc1ccc(C(F)(F)F)nc1NCCc1ccco1. The van der Waals surface area contributed by atoms with E-state index in [1.165, 1.54) is 6.26 Å². The third kappa shape index (κ3) is 3.29. The largest absolute Gasteiger partial charge is 0.469 e. The summed E-state index contributed by atoms with van der Waals surface area (Å²) >= 11 is 0. The van der Waals surface area contributed by atoms with E-state index in [0.717, 1.165) is 12.1 Å². The van der Waals surface area contributed by atoms with Crippen molar-refractivity contribution in [2.45, 2.75) is 12.6 Å². The minimum Gasteiger partial charge on any atom is -0.469 e. The zero-order chi connectivity index (χ0) is 14.6. The van der Waals surface area contributed by atoms with E-state index in [2.05, 4.69) is 10.3 Å². The Morgan fingerprint density at radius 2 is 2.10 bits per heavy atom. The molecule has 0 amide bonds. The van der Waals surface area contributed by atoms with E-state index >= 15 is 0 Å². The van der Waals surface area contributed by atoms with E-state index in [1.807, 2.05) is 0 Å². The lowest BCUT2D eigenvalue weighted by atomic mass is 10.2. The number of nitriles is 1. The van der Waals surface area contributed by atoms with Gasteiger partial charge in [-0.3, -0.25) is 0 Å². The molecular weight excluding hydrogens is 271 g/mol. The van der Waals surface area contributed by atoms with E-state index < -0.39 is 11.9 Å². The Hall–Kier alpha value is -2.49. The molecule has 0 aliphatic rings. The second-order valence-corrected chi connectivity index (χ2v) is 3.96. The molecule has 0 spiro atoms. The Balaban J connectivity index is 2.11. The van der Waals surface area contributed by atoms with Gasteiger partial charge in [-0.25, -0.2) is 4.98 Å². The summed E-state index contributed by atoms with van der Waals surface area (Å²) < 4.78 is 42.8. The molecule has 0 saturated heterocycles. The summed E-state index contributed by atoms with van der Waals surface area (Å²) in [4.78, 5) is 3.44. The molecule has 20 heavy (non-hydrogen) atoms. The quantitative estimate of drug-likeness (QED) is 0.934. The van der Waals surface area contributed by atoms with Crippen LogP contribution in [-0.4, -0.2) is 11.5 Å². The van der Waals surface area contributed by atoms with Crippen LogP contribution in [0.2, 0.25) is 0 Å². The summed E-state index contributed by atoms with van der Waals surface area (Å²) in [6.07, 6.45) is -2.54. The molecule has 0 unspecified atom stereocenters. The van der Waals surface area contributed by atoms with Crippen LogP contribution in [0.25, 0.3) is 0 Å². The van der Waals surface area contributed by atoms with E-state index in [1.54, 1.807) is 18.2 Å². The van der Waals surface area contributed by atoms with Crippen LogP contribution in [0.4, 0.5) is 19.0 Å². The minimum atomic E-state index is -4.54. The van der Waals surface area contributed by atoms with Crippen LogP contribution >= 0.6 is 0 Å². The lowest BCUT2D eigenvalue weighted by molar-refractivity contribution is -0.141. The van der Waals surface area contributed by atoms with Crippen LogP contribution in [0, 0.1) is 11.3 Å². The maximum atomic E-state index is 12.6. The number of furan rings is 1. The van der Waals surface area contributed by atoms with Crippen LogP contribution in [0.3, 0.4) is 0 Å². The zero-order valence-electron chi connectivity index (χ0n) is 10.2. The number of pyridine rings is 1. The Kier molecular flexibility index (Phi) is 3.94. The summed E-state index contributed by atoms with van der Waals surface area (Å²) in [6, 6.07) is 7.17. The first-order chi connectivity index (χ1) is 9.50. The molecule has 7 heteroatoms. The van der Waals surface area contributed by atoms with Crippen molar-refractivity contribution in [3.05, 3.63) is 47.5 Å². The first kappa shape index (κ1) is 13.9. The number of nitrogens with zero attached hydrogens (tertiary/aromatic N) is 2. The molecule has 0 aliphatic carbocycles. The number of rotatable bonds is 4. The van der Waals surface area contributed by atoms with E-state index in [-0.39, 0.29) is 11.4 Å². The topological polar surface area (TPSA) is 61.9 Å². The maximum Gasteiger partial charge on any atom is 0.433 e. The molecule has 4 nitrogen and oxygen atoms in total. The monoisotopic (exact) mass is 281 g/mol. The summed E-state index contributed by atoms with van der Waals surface area (Å²) in [5.41, 5.74) is -0.963. The number of anilines is 1. The van der Waals surface area contributed by atoms with Crippen molar-refractivity contribution in [1.29, 1.82) is 5.26 Å². The fourth-order valence-corrected chi connectivity index (χ4v) is 1.60. The Bertz CT molecular complexity index is 615. The number of halogens is 3. The number of aromatic nitrogens is 1. The van der Waals surface area contributed by atoms with Crippen LogP contribution in [0.15, 0.2) is 34.9 Å². The third-order valence-corrected chi connectivity index (χ3v) is 2.55. The Morgan fingerprint density at radius 1 is 1.30 bits per heavy atom. The van der Waals surface area contributed by atoms with Crippen LogP contribution < -0.4 is 5.32 Å². The molecule has 2 rings (SSSR count). The van der Waals surface area contributed by atoms with Gasteiger partial charge in [-0.2, -0.15) is 18.4 Å². The summed E-state index contributed by atoms with van der Waals surface area (Å²) in [6.45, 7) is 0.316. The van der Waals surface area contributed by atoms with Crippen molar-refractivity contribution in [3.8, 4) is 6.07 Å². The highest BCUT2D eigenvalue weighted by Gasteiger charge is 2.33. The van der Waals surface area contributed by atoms with E-state index in [0.29, 0.717) is 18.7 Å². The number of hydrogen-bond acceptors (Lipinski definition) is 4. The second kappa shape index (κ2) is 5.65. The number of nitrogens with one attached hydrogen (secondary N) is 1. The molecule has 2 heterocycles. The predicted octanol–water partition coefficient (Wildman–Crippen LogP) is 3.22. The Labute approximate surface area is 112 Å². The summed E-state index contributed by atoms with van der Waals surface area (Å²) in [5.74, 6) is 0.622. The van der Waals surface area contributed by atoms with Gasteiger partial charge in [0.2, 0.25) is 0 Å². The van der Waals surface area contributed by atoms with Crippen molar-refractivity contribution in [2.24, 2.45) is 0 Å². The van der Waals surface area contributed by atoms with Gasteiger partial charge < -0.3 is 9.73 Å². The van der Waals surface area contributed by atoms with Gasteiger partial charge in [0, 0.05) is 13.0 Å². The van der Waals surface area contributed by atoms with Gasteiger partial charge in [0.15, 0.2) is 0 Å². The fourth-order valence-electron chi connectivity index (χ4n) is 1.60. The fraction of sp³-hybridized carbons (Fsp3) is 0.231. The maximum absolute atomic E-state index is 12.6. The predicted molar refractivity (Wildman–Crippen MR) is 64.9 cm³/mol. The summed E-state index contributed by atoms with van der Waals surface area (Å²) in [7, 11) is 0. The molecule has 0 fully saturated rings. The van der Waals surface area contributed by atoms with Crippen LogP contribution in [-0.2, 0) is 12.6 Å². The van der Waals surface area contributed by atoms with Gasteiger partial charge >= 0.3 is 6.18 Å². The van der Waals surface area contributed by atoms with Crippen LogP contribution in [0.5, 0.6) is 0 Å². The highest BCUT2D eigenvalue weighted by molar-refractivity contribution is 5.52. The van der Waals surface area contributed by atoms with Gasteiger partial charge in [-0.05, 0) is 24.3 Å². The molecule has 0 atom stereocenters. The second-order valence-electron chi connectivity index (χ2n) is 3.96. The molecule has 2 aromatic heterocycles. The van der Waals surface area contributed by atoms with Crippen molar-refractivity contribution in [1.82, 2.24) is 4.98 Å². The minimum absolute atomic E-state index is 0.0671. The molecule has 0 aliphatic heterocycles. The lowest BCUT2D eigenvalue weighted by Gasteiger charge is -2.10. The van der Waals surface area contributed by atoms with Gasteiger partial charge in [0.1, 0.15) is 23.3 Å². The third-order valence-electron chi connectivity index (χ3n) is 2.55. The molecule has 104 valence electrons. The average molecular weight is 281 g/mol. The smallest absolute Gasteiger partial charge is 0.433 e. The molecule has 1 N–H and O–H groups in total. The molecular formula is C13H10F3N3O. The van der Waals surface area contributed by atoms with Gasteiger partial charge in [-0.1, -0.05) is 0 Å². The normalized spacial score (nSPS) is 11.1. The standard InChI is InChI=1S/C13H10F3N3O/c14-13(15,16)11-4-3-9(8-17)12(19-11)18-6-5-10-2-1-7-20-10/h1-4,7H,5-6H2,(H,18,19). The molecule has 0 radical (unpaired) electrons. The first-order valence-corrected chi connectivity index (χ1v) is 5.75. The molecule has 0 saturated carbocycles. The van der Waals surface area contributed by atoms with Gasteiger partial charge in [-0.15, -0.1) is 0 Å². The number of alkyl halides is 3. The van der Waals surface area contributed by atoms with E-state index in [4.69, 9.17) is 9.68 Å². The van der Waals surface area contributed by atoms with Crippen molar-refractivity contribution >= 4 is 5.82 Å². The average Bonchev–Trinajstić information content (AvgIpc) is 2.90. The zero-order valence-corrected chi connectivity index (χ0v) is 10.2. The van der Waals surface area contributed by atoms with Crippen molar-refractivity contribution in [3.63, 3.8) is 0 Å². The number of hydrogen-bond donors (Lipinski definition) is 1. The highest BCUT2D eigenvalue weighted by atomic mass is 19.4.